The molecule has 0 heterocycles. The topological polar surface area (TPSA) is 52.6 Å². The average Bonchev–Trinajstić information content (AvgIpc) is 2.37. The minimum Gasteiger partial charge on any atom is -0.466 e. The Hall–Kier alpha value is -0.360. The molecule has 0 bridgehead atoms. The molecule has 6 heteroatoms. The van der Waals surface area contributed by atoms with E-state index in [9.17, 15) is 9.59 Å². The van der Waals surface area contributed by atoms with Crippen LogP contribution in [0.2, 0.25) is 0 Å². The first-order valence-electron chi connectivity index (χ1n) is 6.66. The summed E-state index contributed by atoms with van der Waals surface area (Å²) in [7, 11) is 0. The highest BCUT2D eigenvalue weighted by Gasteiger charge is 2.10. The van der Waals surface area contributed by atoms with Crippen LogP contribution in [0.25, 0.3) is 0 Å². The highest BCUT2D eigenvalue weighted by atomic mass is 32.1. The number of carbonyl (C=O) groups excluding carboxylic acids is 2. The first-order chi connectivity index (χ1) is 8.99. The van der Waals surface area contributed by atoms with Crippen molar-refractivity contribution in [3.63, 3.8) is 0 Å². The molecule has 4 nitrogen and oxygen atoms in total. The molecule has 0 saturated carbocycles. The van der Waals surface area contributed by atoms with Gasteiger partial charge in [0, 0.05) is 16.9 Å². The maximum Gasteiger partial charge on any atom is 0.306 e. The molecule has 0 N–H and O–H groups in total. The van der Waals surface area contributed by atoms with E-state index in [0.717, 1.165) is 12.8 Å². The SMILES string of the molecule is CCC(S)CC(=O)OCCCOC(=O)CC(S)CC. The van der Waals surface area contributed by atoms with E-state index in [0.29, 0.717) is 19.3 Å². The summed E-state index contributed by atoms with van der Waals surface area (Å²) >= 11 is 8.45. The van der Waals surface area contributed by atoms with Crippen molar-refractivity contribution in [2.75, 3.05) is 13.2 Å². The third kappa shape index (κ3) is 11.2. The van der Waals surface area contributed by atoms with Crippen LogP contribution in [-0.2, 0) is 19.1 Å². The number of esters is 2. The lowest BCUT2D eigenvalue weighted by Crippen LogP contribution is -2.15. The van der Waals surface area contributed by atoms with Gasteiger partial charge in [-0.05, 0) is 12.8 Å². The van der Waals surface area contributed by atoms with Crippen LogP contribution in [0.3, 0.4) is 0 Å². The van der Waals surface area contributed by atoms with Gasteiger partial charge in [-0.25, -0.2) is 0 Å². The highest BCUT2D eigenvalue weighted by Crippen LogP contribution is 2.08. The second-order valence-corrected chi connectivity index (χ2v) is 5.79. The van der Waals surface area contributed by atoms with E-state index >= 15 is 0 Å². The Labute approximate surface area is 126 Å². The van der Waals surface area contributed by atoms with Crippen LogP contribution in [0.1, 0.15) is 46.0 Å². The second-order valence-electron chi connectivity index (χ2n) is 4.33. The molecule has 112 valence electrons. The van der Waals surface area contributed by atoms with Crippen molar-refractivity contribution in [1.29, 1.82) is 0 Å². The average molecular weight is 308 g/mol. The zero-order valence-corrected chi connectivity index (χ0v) is 13.4. The number of thiol groups is 2. The molecule has 0 aliphatic carbocycles. The molecular weight excluding hydrogens is 284 g/mol. The van der Waals surface area contributed by atoms with Gasteiger partial charge in [0.05, 0.1) is 26.1 Å². The summed E-state index contributed by atoms with van der Waals surface area (Å²) < 4.78 is 10.0. The molecule has 0 amide bonds. The molecule has 0 radical (unpaired) electrons. The molecule has 0 fully saturated rings. The molecule has 0 aliphatic rings. The van der Waals surface area contributed by atoms with E-state index in [1.54, 1.807) is 0 Å². The number of hydrogen-bond donors (Lipinski definition) is 2. The summed E-state index contributed by atoms with van der Waals surface area (Å²) in [5, 5.41) is 0.0957. The third-order valence-corrected chi connectivity index (χ3v) is 3.66. The molecule has 0 saturated heterocycles. The van der Waals surface area contributed by atoms with Crippen molar-refractivity contribution in [2.45, 2.75) is 56.5 Å². The predicted molar refractivity (Wildman–Crippen MR) is 81.9 cm³/mol. The maximum atomic E-state index is 11.3. The molecule has 0 aromatic carbocycles. The van der Waals surface area contributed by atoms with Crippen LogP contribution >= 0.6 is 25.3 Å². The second kappa shape index (κ2) is 11.5. The van der Waals surface area contributed by atoms with Gasteiger partial charge >= 0.3 is 11.9 Å². The number of hydrogen-bond acceptors (Lipinski definition) is 6. The van der Waals surface area contributed by atoms with E-state index in [-0.39, 0.29) is 35.7 Å². The van der Waals surface area contributed by atoms with Gasteiger partial charge < -0.3 is 9.47 Å². The van der Waals surface area contributed by atoms with Crippen molar-refractivity contribution < 1.29 is 19.1 Å². The van der Waals surface area contributed by atoms with Gasteiger partial charge in [0.2, 0.25) is 0 Å². The number of rotatable bonds is 10. The molecule has 0 aromatic rings. The Morgan fingerprint density at radius 3 is 1.58 bits per heavy atom. The van der Waals surface area contributed by atoms with Crippen molar-refractivity contribution in [1.82, 2.24) is 0 Å². The zero-order valence-electron chi connectivity index (χ0n) is 11.6. The van der Waals surface area contributed by atoms with Crippen LogP contribution in [0, 0.1) is 0 Å². The summed E-state index contributed by atoms with van der Waals surface area (Å²) in [5.41, 5.74) is 0. The number of ether oxygens (including phenoxy) is 2. The lowest BCUT2D eigenvalue weighted by Gasteiger charge is -2.09. The summed E-state index contributed by atoms with van der Waals surface area (Å²) in [6, 6.07) is 0. The van der Waals surface area contributed by atoms with Gasteiger partial charge in [0.1, 0.15) is 0 Å². The van der Waals surface area contributed by atoms with Crippen LogP contribution in [0.15, 0.2) is 0 Å². The zero-order chi connectivity index (χ0) is 14.7. The maximum absolute atomic E-state index is 11.3. The third-order valence-electron chi connectivity index (χ3n) is 2.56. The Bertz CT molecular complexity index is 245. The Kier molecular flexibility index (Phi) is 11.2. The Morgan fingerprint density at radius 1 is 0.895 bits per heavy atom. The molecule has 19 heavy (non-hydrogen) atoms. The Morgan fingerprint density at radius 2 is 1.26 bits per heavy atom. The van der Waals surface area contributed by atoms with E-state index in [1.165, 1.54) is 0 Å². The van der Waals surface area contributed by atoms with Crippen molar-refractivity contribution in [3.05, 3.63) is 0 Å². The Balaban J connectivity index is 3.49. The van der Waals surface area contributed by atoms with Crippen molar-refractivity contribution in [3.8, 4) is 0 Å². The molecule has 2 atom stereocenters. The van der Waals surface area contributed by atoms with Gasteiger partial charge in [-0.2, -0.15) is 25.3 Å². The molecule has 0 aromatic heterocycles. The van der Waals surface area contributed by atoms with Gasteiger partial charge in [0.15, 0.2) is 0 Å². The lowest BCUT2D eigenvalue weighted by atomic mass is 10.2. The predicted octanol–water partition coefficient (Wildman–Crippen LogP) is 2.66. The smallest absolute Gasteiger partial charge is 0.306 e. The minimum absolute atomic E-state index is 0.0479. The monoisotopic (exact) mass is 308 g/mol. The molecule has 0 rings (SSSR count). The highest BCUT2D eigenvalue weighted by molar-refractivity contribution is 7.81. The molecular formula is C13H24O4S2. The quantitative estimate of drug-likeness (QED) is 0.370. The van der Waals surface area contributed by atoms with Gasteiger partial charge in [-0.15, -0.1) is 0 Å². The van der Waals surface area contributed by atoms with Gasteiger partial charge in [-0.1, -0.05) is 13.8 Å². The van der Waals surface area contributed by atoms with Gasteiger partial charge in [-0.3, -0.25) is 9.59 Å². The first-order valence-corrected chi connectivity index (χ1v) is 7.70. The van der Waals surface area contributed by atoms with Crippen LogP contribution in [-0.4, -0.2) is 35.7 Å². The van der Waals surface area contributed by atoms with E-state index in [4.69, 9.17) is 9.47 Å². The van der Waals surface area contributed by atoms with Crippen molar-refractivity contribution in [2.24, 2.45) is 0 Å². The van der Waals surface area contributed by atoms with Crippen LogP contribution in [0.5, 0.6) is 0 Å². The van der Waals surface area contributed by atoms with Crippen LogP contribution < -0.4 is 0 Å². The summed E-state index contributed by atoms with van der Waals surface area (Å²) in [5.74, 6) is -0.510. The van der Waals surface area contributed by atoms with Crippen LogP contribution in [0.4, 0.5) is 0 Å². The first kappa shape index (κ1) is 18.6. The lowest BCUT2D eigenvalue weighted by molar-refractivity contribution is -0.146. The minimum atomic E-state index is -0.255. The van der Waals surface area contributed by atoms with Crippen molar-refractivity contribution >= 4 is 37.2 Å². The molecule has 2 unspecified atom stereocenters. The molecule has 0 aliphatic heterocycles. The standard InChI is InChI=1S/C13H24O4S2/c1-3-10(18)8-12(14)16-6-5-7-17-13(15)9-11(19)4-2/h10-11,18-19H,3-9H2,1-2H3. The summed E-state index contributed by atoms with van der Waals surface area (Å²) in [4.78, 5) is 22.6. The largest absolute Gasteiger partial charge is 0.466 e. The fraction of sp³-hybridized carbons (Fsp3) is 0.846. The van der Waals surface area contributed by atoms with E-state index in [1.807, 2.05) is 13.8 Å². The normalized spacial score (nSPS) is 13.7. The number of carbonyl (C=O) groups is 2. The fourth-order valence-electron chi connectivity index (χ4n) is 1.22. The fourth-order valence-corrected chi connectivity index (χ4v) is 1.52. The van der Waals surface area contributed by atoms with Gasteiger partial charge in [0.25, 0.3) is 0 Å². The summed E-state index contributed by atoms with van der Waals surface area (Å²) in [6.07, 6.45) is 2.81. The summed E-state index contributed by atoms with van der Waals surface area (Å²) in [6.45, 7) is 4.48. The molecule has 0 spiro atoms. The van der Waals surface area contributed by atoms with E-state index < -0.39 is 0 Å². The van der Waals surface area contributed by atoms with E-state index in [2.05, 4.69) is 25.3 Å².